The molecule has 1 atom stereocenters. The number of hydrogen-bond donors (Lipinski definition) is 0. The molecule has 1 aliphatic heterocycles. The summed E-state index contributed by atoms with van der Waals surface area (Å²) in [4.78, 5) is 42.3. The molecule has 226 valence electrons. The zero-order chi connectivity index (χ0) is 31.5. The van der Waals surface area contributed by atoms with Gasteiger partial charge in [0.25, 0.3) is 11.2 Å². The number of esters is 1. The van der Waals surface area contributed by atoms with Crippen molar-refractivity contribution in [1.82, 2.24) is 4.57 Å². The van der Waals surface area contributed by atoms with Crippen LogP contribution in [0.25, 0.3) is 6.08 Å². The van der Waals surface area contributed by atoms with Gasteiger partial charge in [-0.15, -0.1) is 0 Å². The Morgan fingerprint density at radius 3 is 2.52 bits per heavy atom. The number of allylic oxidation sites excluding steroid dienone is 1. The van der Waals surface area contributed by atoms with E-state index in [1.807, 2.05) is 0 Å². The van der Waals surface area contributed by atoms with Gasteiger partial charge in [-0.3, -0.25) is 19.5 Å². The van der Waals surface area contributed by atoms with E-state index < -0.39 is 22.8 Å². The summed E-state index contributed by atoms with van der Waals surface area (Å²) in [5, 5.41) is 10.9. The van der Waals surface area contributed by atoms with Crippen molar-refractivity contribution in [3.63, 3.8) is 0 Å². The maximum atomic E-state index is 13.9. The number of ether oxygens (including phenoxy) is 3. The molecule has 10 nitrogen and oxygen atoms in total. The predicted octanol–water partition coefficient (Wildman–Crippen LogP) is 5.20. The van der Waals surface area contributed by atoms with Gasteiger partial charge in [-0.05, 0) is 88.9 Å². The van der Waals surface area contributed by atoms with Crippen molar-refractivity contribution in [1.29, 1.82) is 0 Å². The SMILES string of the molecule is CCOC(=O)C1=C(C)N=c2s/c(=C\c3cc(Br)c(OCc4ccc([N+](=O)[O-])cc4)c(OC)c3)c(=O)n2[C@H]1c1ccc(F)cc1. The van der Waals surface area contributed by atoms with Crippen molar-refractivity contribution in [3.05, 3.63) is 129 Å². The molecule has 0 radical (unpaired) electrons. The second kappa shape index (κ2) is 12.9. The van der Waals surface area contributed by atoms with Crippen molar-refractivity contribution in [3.8, 4) is 11.5 Å². The van der Waals surface area contributed by atoms with Crippen molar-refractivity contribution >= 4 is 45.0 Å². The van der Waals surface area contributed by atoms with E-state index in [0.717, 1.165) is 16.9 Å². The second-order valence-electron chi connectivity index (χ2n) is 9.60. The Bertz CT molecular complexity index is 1970. The molecule has 0 saturated carbocycles. The second-order valence-corrected chi connectivity index (χ2v) is 11.5. The van der Waals surface area contributed by atoms with Crippen LogP contribution < -0.4 is 24.4 Å². The fourth-order valence-electron chi connectivity index (χ4n) is 4.74. The Kier molecular flexibility index (Phi) is 9.06. The van der Waals surface area contributed by atoms with Gasteiger partial charge in [-0.2, -0.15) is 0 Å². The third-order valence-electron chi connectivity index (χ3n) is 6.78. The number of non-ortho nitro benzene ring substituents is 1. The first-order valence-electron chi connectivity index (χ1n) is 13.3. The number of carbonyl (C=O) groups excluding carboxylic acids is 1. The molecular formula is C31H25BrFN3O7S. The van der Waals surface area contributed by atoms with Crippen LogP contribution in [0.4, 0.5) is 10.1 Å². The van der Waals surface area contributed by atoms with Crippen molar-refractivity contribution in [2.75, 3.05) is 13.7 Å². The molecule has 0 bridgehead atoms. The Balaban J connectivity index is 1.53. The number of halogens is 2. The van der Waals surface area contributed by atoms with Crippen molar-refractivity contribution in [2.24, 2.45) is 4.99 Å². The van der Waals surface area contributed by atoms with Gasteiger partial charge in [0.1, 0.15) is 12.4 Å². The zero-order valence-electron chi connectivity index (χ0n) is 23.7. The molecule has 0 N–H and O–H groups in total. The molecule has 2 heterocycles. The number of benzene rings is 3. The van der Waals surface area contributed by atoms with E-state index >= 15 is 0 Å². The number of rotatable bonds is 9. The summed E-state index contributed by atoms with van der Waals surface area (Å²) >= 11 is 4.68. The largest absolute Gasteiger partial charge is 0.493 e. The molecular weight excluding hydrogens is 657 g/mol. The highest BCUT2D eigenvalue weighted by molar-refractivity contribution is 9.10. The molecule has 0 spiro atoms. The van der Waals surface area contributed by atoms with Gasteiger partial charge in [0, 0.05) is 12.1 Å². The molecule has 1 aliphatic rings. The molecule has 0 fully saturated rings. The number of methoxy groups -OCH3 is 1. The van der Waals surface area contributed by atoms with Crippen molar-refractivity contribution < 1.29 is 28.3 Å². The number of thiazole rings is 1. The number of carbonyl (C=O) groups is 1. The normalized spacial score (nSPS) is 14.6. The number of nitro groups is 1. The molecule has 4 aromatic rings. The first-order chi connectivity index (χ1) is 21.1. The van der Waals surface area contributed by atoms with E-state index in [0.29, 0.717) is 42.1 Å². The quantitative estimate of drug-likeness (QED) is 0.135. The Morgan fingerprint density at radius 1 is 1.18 bits per heavy atom. The van der Waals surface area contributed by atoms with Crippen LogP contribution in [0.3, 0.4) is 0 Å². The highest BCUT2D eigenvalue weighted by atomic mass is 79.9. The summed E-state index contributed by atoms with van der Waals surface area (Å²) in [5.41, 5.74) is 2.10. The summed E-state index contributed by atoms with van der Waals surface area (Å²) in [6.45, 7) is 3.64. The molecule has 0 amide bonds. The fraction of sp³-hybridized carbons (Fsp3) is 0.194. The smallest absolute Gasteiger partial charge is 0.338 e. The molecule has 0 unspecified atom stereocenters. The van der Waals surface area contributed by atoms with Crippen LogP contribution in [0, 0.1) is 15.9 Å². The van der Waals surface area contributed by atoms with Crippen molar-refractivity contribution in [2.45, 2.75) is 26.5 Å². The first kappa shape index (κ1) is 30.8. The molecule has 5 rings (SSSR count). The lowest BCUT2D eigenvalue weighted by Gasteiger charge is -2.24. The van der Waals surface area contributed by atoms with Gasteiger partial charge in [-0.25, -0.2) is 14.2 Å². The van der Waals surface area contributed by atoms with E-state index in [2.05, 4.69) is 20.9 Å². The van der Waals surface area contributed by atoms with E-state index in [1.54, 1.807) is 44.2 Å². The number of fused-ring (bicyclic) bond motifs is 1. The minimum atomic E-state index is -0.857. The van der Waals surface area contributed by atoms with Crippen LogP contribution in [0.1, 0.15) is 36.6 Å². The lowest BCUT2D eigenvalue weighted by molar-refractivity contribution is -0.384. The Labute approximate surface area is 262 Å². The molecule has 1 aromatic heterocycles. The van der Waals surface area contributed by atoms with Gasteiger partial charge in [-0.1, -0.05) is 23.5 Å². The minimum Gasteiger partial charge on any atom is -0.493 e. The first-order valence-corrected chi connectivity index (χ1v) is 14.9. The van der Waals surface area contributed by atoms with E-state index in [1.165, 1.54) is 48.1 Å². The van der Waals surface area contributed by atoms with Gasteiger partial charge < -0.3 is 14.2 Å². The number of hydrogen-bond acceptors (Lipinski definition) is 9. The van der Waals surface area contributed by atoms with Crippen LogP contribution >= 0.6 is 27.3 Å². The van der Waals surface area contributed by atoms with E-state index in [-0.39, 0.29) is 30.0 Å². The molecule has 3 aromatic carbocycles. The maximum Gasteiger partial charge on any atom is 0.338 e. The third kappa shape index (κ3) is 6.19. The maximum absolute atomic E-state index is 13.9. The summed E-state index contributed by atoms with van der Waals surface area (Å²) in [7, 11) is 1.49. The Morgan fingerprint density at radius 2 is 1.89 bits per heavy atom. The monoisotopic (exact) mass is 681 g/mol. The van der Waals surface area contributed by atoms with Crippen LogP contribution in [0.2, 0.25) is 0 Å². The standard InChI is InChI=1S/C31H25BrFN3O7S/c1-4-42-30(38)26-17(2)34-31-35(27(26)20-7-9-21(33)10-8-20)29(37)25(44-31)15-19-13-23(32)28(24(14-19)41-3)43-16-18-5-11-22(12-6-18)36(39)40/h5-15,27H,4,16H2,1-3H3/b25-15-/t27-/m0/s1. The third-order valence-corrected chi connectivity index (χ3v) is 8.35. The number of nitro benzene ring substituents is 1. The molecule has 0 saturated heterocycles. The van der Waals surface area contributed by atoms with Gasteiger partial charge in [0.05, 0.1) is 45.0 Å². The van der Waals surface area contributed by atoms with Gasteiger partial charge >= 0.3 is 5.97 Å². The zero-order valence-corrected chi connectivity index (χ0v) is 26.1. The molecule has 13 heteroatoms. The van der Waals surface area contributed by atoms with E-state index in [4.69, 9.17) is 14.2 Å². The summed E-state index contributed by atoms with van der Waals surface area (Å²) in [6, 6.07) is 14.3. The van der Waals surface area contributed by atoms with E-state index in [9.17, 15) is 24.1 Å². The summed E-state index contributed by atoms with van der Waals surface area (Å²) in [5.74, 6) is -0.241. The minimum absolute atomic E-state index is 0.0154. The van der Waals surface area contributed by atoms with Crippen LogP contribution in [0.5, 0.6) is 11.5 Å². The average molecular weight is 683 g/mol. The highest BCUT2D eigenvalue weighted by Gasteiger charge is 2.33. The van der Waals surface area contributed by atoms with Crippen LogP contribution in [0.15, 0.2) is 86.2 Å². The van der Waals surface area contributed by atoms with Crippen LogP contribution in [-0.4, -0.2) is 29.2 Å². The topological polar surface area (TPSA) is 122 Å². The predicted molar refractivity (Wildman–Crippen MR) is 165 cm³/mol. The summed E-state index contributed by atoms with van der Waals surface area (Å²) in [6.07, 6.45) is 1.68. The lowest BCUT2D eigenvalue weighted by Crippen LogP contribution is -2.39. The molecule has 44 heavy (non-hydrogen) atoms. The summed E-state index contributed by atoms with van der Waals surface area (Å²) < 4.78 is 32.9. The molecule has 0 aliphatic carbocycles. The number of nitrogens with zero attached hydrogens (tertiary/aromatic N) is 3. The number of aromatic nitrogens is 1. The fourth-order valence-corrected chi connectivity index (χ4v) is 6.36. The van der Waals surface area contributed by atoms with Gasteiger partial charge in [0.2, 0.25) is 0 Å². The van der Waals surface area contributed by atoms with Gasteiger partial charge in [0.15, 0.2) is 16.3 Å². The Hall–Kier alpha value is -4.62. The van der Waals surface area contributed by atoms with Crippen LogP contribution in [-0.2, 0) is 16.1 Å². The highest BCUT2D eigenvalue weighted by Crippen LogP contribution is 2.37. The lowest BCUT2D eigenvalue weighted by atomic mass is 9.96. The average Bonchev–Trinajstić information content (AvgIpc) is 3.30.